The van der Waals surface area contributed by atoms with Crippen molar-refractivity contribution in [3.63, 3.8) is 0 Å². The quantitative estimate of drug-likeness (QED) is 0.445. The molecule has 0 saturated carbocycles. The van der Waals surface area contributed by atoms with Gasteiger partial charge in [-0.1, -0.05) is 0 Å². The van der Waals surface area contributed by atoms with Crippen LogP contribution in [-0.2, 0) is 6.42 Å². The highest BCUT2D eigenvalue weighted by atomic mass is 32.2. The Morgan fingerprint density at radius 3 is 3.00 bits per heavy atom. The summed E-state index contributed by atoms with van der Waals surface area (Å²) in [6.45, 7) is 0. The van der Waals surface area contributed by atoms with E-state index in [0.717, 1.165) is 6.42 Å². The SMILES string of the molecule is c1cc2c(cn1)Cc1csc3scc-2c13. The first-order chi connectivity index (χ1) is 7.43. The first-order valence-electron chi connectivity index (χ1n) is 4.84. The summed E-state index contributed by atoms with van der Waals surface area (Å²) in [5, 5.41) is 6.06. The average Bonchev–Trinajstić information content (AvgIpc) is 2.86. The highest BCUT2D eigenvalue weighted by molar-refractivity contribution is 7.37. The zero-order valence-corrected chi connectivity index (χ0v) is 9.49. The maximum atomic E-state index is 4.21. The normalized spacial score (nSPS) is 13.1. The number of nitrogens with zero attached hydrogens (tertiary/aromatic N) is 1. The van der Waals surface area contributed by atoms with Crippen molar-refractivity contribution in [2.45, 2.75) is 6.42 Å². The van der Waals surface area contributed by atoms with Crippen LogP contribution in [0.2, 0.25) is 0 Å². The van der Waals surface area contributed by atoms with Crippen molar-refractivity contribution in [2.75, 3.05) is 0 Å². The molecule has 0 bridgehead atoms. The Balaban J connectivity index is 2.21. The minimum absolute atomic E-state index is 1.05. The molecule has 0 aromatic carbocycles. The molecular formula is C12H7NS2. The van der Waals surface area contributed by atoms with Crippen LogP contribution in [0.3, 0.4) is 0 Å². The third-order valence-corrected chi connectivity index (χ3v) is 5.13. The molecular weight excluding hydrogens is 222 g/mol. The van der Waals surface area contributed by atoms with Crippen LogP contribution in [-0.4, -0.2) is 4.98 Å². The van der Waals surface area contributed by atoms with E-state index in [1.165, 1.54) is 31.7 Å². The van der Waals surface area contributed by atoms with E-state index in [1.807, 2.05) is 35.1 Å². The topological polar surface area (TPSA) is 12.9 Å². The highest BCUT2D eigenvalue weighted by Crippen LogP contribution is 2.45. The Kier molecular flexibility index (Phi) is 1.43. The fourth-order valence-corrected chi connectivity index (χ4v) is 4.43. The van der Waals surface area contributed by atoms with Gasteiger partial charge < -0.3 is 0 Å². The molecule has 0 saturated heterocycles. The first-order valence-corrected chi connectivity index (χ1v) is 6.60. The fraction of sp³-hybridized carbons (Fsp3) is 0.0833. The zero-order chi connectivity index (χ0) is 9.83. The average molecular weight is 229 g/mol. The summed E-state index contributed by atoms with van der Waals surface area (Å²) in [6, 6.07) is 2.14. The standard InChI is InChI=1S/C12H7NS2/c1-2-13-4-7-3-8-5-14-12-11(8)10(6-15-12)9(1)7/h1-2,4-6H,3H2. The number of thiophene rings is 2. The monoisotopic (exact) mass is 229 g/mol. The lowest BCUT2D eigenvalue weighted by Crippen LogP contribution is -1.97. The summed E-state index contributed by atoms with van der Waals surface area (Å²) in [4.78, 5) is 4.21. The molecule has 3 heterocycles. The lowest BCUT2D eigenvalue weighted by atomic mass is 9.91. The largest absolute Gasteiger partial charge is 0.264 e. The van der Waals surface area contributed by atoms with Gasteiger partial charge in [-0.2, -0.15) is 0 Å². The smallest absolute Gasteiger partial charge is 0.0874 e. The van der Waals surface area contributed by atoms with E-state index in [4.69, 9.17) is 0 Å². The van der Waals surface area contributed by atoms with Crippen LogP contribution >= 0.6 is 22.7 Å². The van der Waals surface area contributed by atoms with Gasteiger partial charge in [0.2, 0.25) is 0 Å². The number of fused-ring (bicyclic) bond motifs is 2. The molecule has 0 radical (unpaired) electrons. The number of hydrogen-bond acceptors (Lipinski definition) is 3. The second-order valence-corrected chi connectivity index (χ2v) is 5.80. The van der Waals surface area contributed by atoms with Gasteiger partial charge in [0, 0.05) is 35.1 Å². The van der Waals surface area contributed by atoms with Crippen molar-refractivity contribution in [2.24, 2.45) is 0 Å². The van der Waals surface area contributed by atoms with Crippen molar-refractivity contribution < 1.29 is 0 Å². The van der Waals surface area contributed by atoms with Crippen molar-refractivity contribution in [3.8, 4) is 11.1 Å². The third kappa shape index (κ3) is 0.945. The van der Waals surface area contributed by atoms with E-state index < -0.39 is 0 Å². The second-order valence-electron chi connectivity index (χ2n) is 3.78. The molecule has 0 N–H and O–H groups in total. The van der Waals surface area contributed by atoms with Gasteiger partial charge >= 0.3 is 0 Å². The predicted octanol–water partition coefficient (Wildman–Crippen LogP) is 3.93. The summed E-state index contributed by atoms with van der Waals surface area (Å²) in [7, 11) is 0. The summed E-state index contributed by atoms with van der Waals surface area (Å²) in [5.74, 6) is 0. The van der Waals surface area contributed by atoms with Crippen LogP contribution in [0.15, 0.2) is 29.2 Å². The van der Waals surface area contributed by atoms with Crippen LogP contribution in [0.1, 0.15) is 11.1 Å². The lowest BCUT2D eigenvalue weighted by molar-refractivity contribution is 1.16. The van der Waals surface area contributed by atoms with Crippen LogP contribution in [0, 0.1) is 0 Å². The van der Waals surface area contributed by atoms with Gasteiger partial charge in [-0.3, -0.25) is 4.98 Å². The number of hydrogen-bond donors (Lipinski definition) is 0. The van der Waals surface area contributed by atoms with Gasteiger partial charge in [0.25, 0.3) is 0 Å². The lowest BCUT2D eigenvalue weighted by Gasteiger charge is -2.13. The van der Waals surface area contributed by atoms with E-state index >= 15 is 0 Å². The van der Waals surface area contributed by atoms with Crippen molar-refractivity contribution in [1.29, 1.82) is 0 Å². The first kappa shape index (κ1) is 8.02. The van der Waals surface area contributed by atoms with Crippen LogP contribution in [0.5, 0.6) is 0 Å². The molecule has 3 aromatic rings. The Morgan fingerprint density at radius 2 is 2.00 bits per heavy atom. The van der Waals surface area contributed by atoms with Gasteiger partial charge in [-0.15, -0.1) is 22.7 Å². The maximum absolute atomic E-state index is 4.21. The molecule has 1 nitrogen and oxygen atoms in total. The number of aromatic nitrogens is 1. The Morgan fingerprint density at radius 1 is 1.07 bits per heavy atom. The zero-order valence-electron chi connectivity index (χ0n) is 7.86. The van der Waals surface area contributed by atoms with Crippen LogP contribution in [0.4, 0.5) is 0 Å². The number of rotatable bonds is 0. The molecule has 4 rings (SSSR count). The van der Waals surface area contributed by atoms with Crippen molar-refractivity contribution >= 4 is 32.1 Å². The fourth-order valence-electron chi connectivity index (χ4n) is 2.28. The molecule has 0 fully saturated rings. The molecule has 1 aliphatic rings. The summed E-state index contributed by atoms with van der Waals surface area (Å²) >= 11 is 3.73. The molecule has 0 unspecified atom stereocenters. The molecule has 0 atom stereocenters. The van der Waals surface area contributed by atoms with Gasteiger partial charge in [-0.25, -0.2) is 0 Å². The molecule has 3 heteroatoms. The highest BCUT2D eigenvalue weighted by Gasteiger charge is 2.20. The molecule has 0 amide bonds. The minimum Gasteiger partial charge on any atom is -0.264 e. The van der Waals surface area contributed by atoms with E-state index in [-0.39, 0.29) is 0 Å². The van der Waals surface area contributed by atoms with E-state index in [2.05, 4.69) is 21.8 Å². The Labute approximate surface area is 95.0 Å². The van der Waals surface area contributed by atoms with E-state index in [1.54, 1.807) is 0 Å². The molecule has 1 aliphatic carbocycles. The van der Waals surface area contributed by atoms with Crippen LogP contribution in [0.25, 0.3) is 20.5 Å². The van der Waals surface area contributed by atoms with Gasteiger partial charge in [0.05, 0.1) is 4.01 Å². The van der Waals surface area contributed by atoms with Crippen molar-refractivity contribution in [3.05, 3.63) is 40.3 Å². The molecule has 0 spiro atoms. The van der Waals surface area contributed by atoms with Gasteiger partial charge in [0.1, 0.15) is 0 Å². The Hall–Kier alpha value is -1.19. The molecule has 3 aromatic heterocycles. The Bertz CT molecular complexity index is 663. The summed E-state index contributed by atoms with van der Waals surface area (Å²) in [5.41, 5.74) is 5.63. The molecule has 72 valence electrons. The maximum Gasteiger partial charge on any atom is 0.0874 e. The van der Waals surface area contributed by atoms with Gasteiger partial charge in [0.15, 0.2) is 0 Å². The predicted molar refractivity (Wildman–Crippen MR) is 65.7 cm³/mol. The number of pyridine rings is 1. The van der Waals surface area contributed by atoms with Gasteiger partial charge in [-0.05, 0) is 28.1 Å². The minimum atomic E-state index is 1.05. The van der Waals surface area contributed by atoms with E-state index in [9.17, 15) is 0 Å². The second kappa shape index (κ2) is 2.68. The third-order valence-electron chi connectivity index (χ3n) is 2.96. The molecule has 15 heavy (non-hydrogen) atoms. The summed E-state index contributed by atoms with van der Waals surface area (Å²) in [6.07, 6.45) is 4.94. The van der Waals surface area contributed by atoms with Crippen LogP contribution < -0.4 is 0 Å². The molecule has 0 aliphatic heterocycles. The summed E-state index contributed by atoms with van der Waals surface area (Å²) < 4.78 is 1.46. The van der Waals surface area contributed by atoms with E-state index in [0.29, 0.717) is 0 Å². The van der Waals surface area contributed by atoms with Crippen molar-refractivity contribution in [1.82, 2.24) is 4.98 Å².